The molecule has 2 aromatic carbocycles. The molecule has 1 N–H and O–H groups in total. The molecule has 0 aromatic heterocycles. The first kappa shape index (κ1) is 15.8. The molecule has 0 saturated carbocycles. The molecule has 2 rings (SSSR count). The molecule has 0 bridgehead atoms. The molecule has 2 aromatic rings. The quantitative estimate of drug-likeness (QED) is 0.593. The maximum absolute atomic E-state index is 3.53. The number of hydrogen-bond donors (Lipinski definition) is 1. The Balaban J connectivity index is 1.99. The molecule has 0 fully saturated rings. The van der Waals surface area contributed by atoms with Crippen LogP contribution >= 0.6 is 0 Å². The summed E-state index contributed by atoms with van der Waals surface area (Å²) in [5.74, 6) is 0. The van der Waals surface area contributed by atoms with Crippen LogP contribution in [0.4, 0.5) is 0 Å². The first-order valence-corrected chi connectivity index (χ1v) is 7.83. The van der Waals surface area contributed by atoms with E-state index in [9.17, 15) is 0 Å². The lowest BCUT2D eigenvalue weighted by molar-refractivity contribution is 0.431. The van der Waals surface area contributed by atoms with E-state index in [-0.39, 0.29) is 5.54 Å². The van der Waals surface area contributed by atoms with Gasteiger partial charge < -0.3 is 5.32 Å². The van der Waals surface area contributed by atoms with Crippen molar-refractivity contribution in [1.29, 1.82) is 0 Å². The lowest BCUT2D eigenvalue weighted by atomic mass is 9.98. The minimum Gasteiger partial charge on any atom is -0.312 e. The highest BCUT2D eigenvalue weighted by Gasteiger charge is 2.06. The smallest absolute Gasteiger partial charge is 0.00966 e. The van der Waals surface area contributed by atoms with Gasteiger partial charge in [-0.15, -0.1) is 0 Å². The highest BCUT2D eigenvalue weighted by Crippen LogP contribution is 2.21. The second-order valence-corrected chi connectivity index (χ2v) is 6.83. The second kappa shape index (κ2) is 6.91. The van der Waals surface area contributed by atoms with Crippen LogP contribution in [0.3, 0.4) is 0 Å². The van der Waals surface area contributed by atoms with Gasteiger partial charge in [0.1, 0.15) is 0 Å². The topological polar surface area (TPSA) is 12.0 Å². The van der Waals surface area contributed by atoms with E-state index < -0.39 is 0 Å². The van der Waals surface area contributed by atoms with Gasteiger partial charge in [0.25, 0.3) is 0 Å². The molecule has 0 atom stereocenters. The fourth-order valence-corrected chi connectivity index (χ4v) is 2.58. The van der Waals surface area contributed by atoms with Crippen LogP contribution in [0.25, 0.3) is 10.8 Å². The Bertz CT molecular complexity index is 612. The van der Waals surface area contributed by atoms with Crippen LogP contribution in [0.5, 0.6) is 0 Å². The fraction of sp³-hybridized carbons (Fsp3) is 0.400. The van der Waals surface area contributed by atoms with Gasteiger partial charge in [0, 0.05) is 5.54 Å². The van der Waals surface area contributed by atoms with Crippen LogP contribution < -0.4 is 5.32 Å². The van der Waals surface area contributed by atoms with Crippen molar-refractivity contribution in [3.05, 3.63) is 59.7 Å². The van der Waals surface area contributed by atoms with Gasteiger partial charge >= 0.3 is 0 Å². The summed E-state index contributed by atoms with van der Waals surface area (Å²) < 4.78 is 0. The zero-order chi connectivity index (χ0) is 15.3. The first-order chi connectivity index (χ1) is 9.96. The molecule has 0 aliphatic rings. The molecule has 0 heterocycles. The van der Waals surface area contributed by atoms with Gasteiger partial charge in [0.2, 0.25) is 0 Å². The minimum absolute atomic E-state index is 0.206. The normalized spacial score (nSPS) is 12.9. The second-order valence-electron chi connectivity index (χ2n) is 6.83. The van der Waals surface area contributed by atoms with Gasteiger partial charge in [-0.25, -0.2) is 0 Å². The lowest BCUT2D eigenvalue weighted by Gasteiger charge is -2.19. The number of nitrogens with one attached hydrogen (secondary N) is 1. The molecule has 0 amide bonds. The van der Waals surface area contributed by atoms with Gasteiger partial charge in [-0.3, -0.25) is 0 Å². The van der Waals surface area contributed by atoms with Crippen molar-refractivity contribution in [1.82, 2.24) is 5.32 Å². The van der Waals surface area contributed by atoms with Gasteiger partial charge in [-0.2, -0.15) is 0 Å². The third-order valence-corrected chi connectivity index (χ3v) is 3.64. The largest absolute Gasteiger partial charge is 0.312 e. The summed E-state index contributed by atoms with van der Waals surface area (Å²) >= 11 is 0. The molecular formula is C20H27N. The average Bonchev–Trinajstić information content (AvgIpc) is 2.43. The molecule has 0 radical (unpaired) electrons. The standard InChI is InChI=1S/C20H27N/c1-16(9-8-14-21-20(2,3)4)15-18-12-7-11-17-10-5-6-13-19(17)18/h5-7,9-13,21H,8,14-15H2,1-4H3. The summed E-state index contributed by atoms with van der Waals surface area (Å²) in [6, 6.07) is 15.2. The Labute approximate surface area is 129 Å². The summed E-state index contributed by atoms with van der Waals surface area (Å²) in [6.07, 6.45) is 4.49. The highest BCUT2D eigenvalue weighted by atomic mass is 14.9. The zero-order valence-corrected chi connectivity index (χ0v) is 13.7. The van der Waals surface area contributed by atoms with Gasteiger partial charge in [0.05, 0.1) is 0 Å². The predicted molar refractivity (Wildman–Crippen MR) is 93.8 cm³/mol. The van der Waals surface area contributed by atoms with Gasteiger partial charge in [-0.05, 0) is 63.4 Å². The summed E-state index contributed by atoms with van der Waals surface area (Å²) in [7, 11) is 0. The summed E-state index contributed by atoms with van der Waals surface area (Å²) in [6.45, 7) is 9.90. The molecule has 21 heavy (non-hydrogen) atoms. The number of benzene rings is 2. The van der Waals surface area contributed by atoms with Crippen molar-refractivity contribution in [3.63, 3.8) is 0 Å². The van der Waals surface area contributed by atoms with Crippen LogP contribution in [0, 0.1) is 0 Å². The van der Waals surface area contributed by atoms with E-state index in [2.05, 4.69) is 81.6 Å². The van der Waals surface area contributed by atoms with E-state index in [4.69, 9.17) is 0 Å². The van der Waals surface area contributed by atoms with Crippen molar-refractivity contribution >= 4 is 10.8 Å². The average molecular weight is 281 g/mol. The number of hydrogen-bond acceptors (Lipinski definition) is 1. The van der Waals surface area contributed by atoms with Crippen LogP contribution in [0.1, 0.15) is 39.7 Å². The van der Waals surface area contributed by atoms with Crippen molar-refractivity contribution in [2.24, 2.45) is 0 Å². The predicted octanol–water partition coefficient (Wildman–Crippen LogP) is 5.11. The molecule has 1 nitrogen and oxygen atoms in total. The Morgan fingerprint density at radius 1 is 1.05 bits per heavy atom. The van der Waals surface area contributed by atoms with E-state index in [0.29, 0.717) is 0 Å². The Hall–Kier alpha value is -1.60. The van der Waals surface area contributed by atoms with E-state index >= 15 is 0 Å². The highest BCUT2D eigenvalue weighted by molar-refractivity contribution is 5.85. The van der Waals surface area contributed by atoms with Crippen LogP contribution in [0.2, 0.25) is 0 Å². The van der Waals surface area contributed by atoms with Crippen molar-refractivity contribution in [3.8, 4) is 0 Å². The fourth-order valence-electron chi connectivity index (χ4n) is 2.58. The van der Waals surface area contributed by atoms with E-state index in [0.717, 1.165) is 19.4 Å². The molecule has 0 saturated heterocycles. The molecule has 0 aliphatic heterocycles. The summed E-state index contributed by atoms with van der Waals surface area (Å²) in [5, 5.41) is 6.23. The molecule has 0 spiro atoms. The van der Waals surface area contributed by atoms with Crippen molar-refractivity contribution < 1.29 is 0 Å². The van der Waals surface area contributed by atoms with Crippen molar-refractivity contribution in [2.75, 3.05) is 6.54 Å². The van der Waals surface area contributed by atoms with Crippen molar-refractivity contribution in [2.45, 2.75) is 46.1 Å². The number of fused-ring (bicyclic) bond motifs is 1. The zero-order valence-electron chi connectivity index (χ0n) is 13.7. The Morgan fingerprint density at radius 3 is 2.52 bits per heavy atom. The molecular weight excluding hydrogens is 254 g/mol. The maximum atomic E-state index is 3.53. The molecule has 112 valence electrons. The van der Waals surface area contributed by atoms with E-state index in [1.807, 2.05) is 0 Å². The Kier molecular flexibility index (Phi) is 5.19. The number of rotatable bonds is 5. The SMILES string of the molecule is CC(=CCCNC(C)(C)C)Cc1cccc2ccccc12. The maximum Gasteiger partial charge on any atom is 0.00966 e. The molecule has 1 heteroatoms. The molecule has 0 unspecified atom stereocenters. The van der Waals surface area contributed by atoms with E-state index in [1.165, 1.54) is 21.9 Å². The Morgan fingerprint density at radius 2 is 1.76 bits per heavy atom. The number of allylic oxidation sites excluding steroid dienone is 1. The third-order valence-electron chi connectivity index (χ3n) is 3.64. The van der Waals surface area contributed by atoms with Gasteiger partial charge in [0.15, 0.2) is 0 Å². The summed E-state index contributed by atoms with van der Waals surface area (Å²) in [4.78, 5) is 0. The van der Waals surface area contributed by atoms with Crippen LogP contribution in [0.15, 0.2) is 54.1 Å². The summed E-state index contributed by atoms with van der Waals surface area (Å²) in [5.41, 5.74) is 3.07. The van der Waals surface area contributed by atoms with Gasteiger partial charge in [-0.1, -0.05) is 54.1 Å². The third kappa shape index (κ3) is 5.02. The minimum atomic E-state index is 0.206. The lowest BCUT2D eigenvalue weighted by Crippen LogP contribution is -2.36. The van der Waals surface area contributed by atoms with Crippen LogP contribution in [-0.2, 0) is 6.42 Å². The molecule has 0 aliphatic carbocycles. The first-order valence-electron chi connectivity index (χ1n) is 7.83. The van der Waals surface area contributed by atoms with E-state index in [1.54, 1.807) is 0 Å². The van der Waals surface area contributed by atoms with Crippen LogP contribution in [-0.4, -0.2) is 12.1 Å². The monoisotopic (exact) mass is 281 g/mol.